The van der Waals surface area contributed by atoms with Crippen LogP contribution in [0.15, 0.2) is 60.7 Å². The zero-order valence-corrected chi connectivity index (χ0v) is 13.0. The average molecular weight is 318 g/mol. The van der Waals surface area contributed by atoms with Gasteiger partial charge in [0.15, 0.2) is 0 Å². The van der Waals surface area contributed by atoms with Gasteiger partial charge in [-0.3, -0.25) is 4.57 Å². The van der Waals surface area contributed by atoms with Gasteiger partial charge in [-0.2, -0.15) is 0 Å². The van der Waals surface area contributed by atoms with Crippen LogP contribution in [-0.4, -0.2) is 0 Å². The molecule has 0 N–H and O–H groups in total. The zero-order valence-electron chi connectivity index (χ0n) is 12.1. The van der Waals surface area contributed by atoms with Crippen molar-refractivity contribution < 1.29 is 41.3 Å². The van der Waals surface area contributed by atoms with E-state index in [-0.39, 0.29) is 32.1 Å². The Hall–Kier alpha value is -0.953. The molecule has 0 aliphatic heterocycles. The molecule has 2 rings (SSSR count). The molecule has 3 nitrogen and oxygen atoms in total. The van der Waals surface area contributed by atoms with E-state index in [2.05, 4.69) is 0 Å². The van der Waals surface area contributed by atoms with Crippen molar-refractivity contribution in [3.8, 4) is 0 Å². The van der Waals surface area contributed by atoms with E-state index in [1.807, 2.05) is 0 Å². The monoisotopic (exact) mass is 318 g/mol. The van der Waals surface area contributed by atoms with Gasteiger partial charge in [-0.25, -0.2) is 0 Å². The van der Waals surface area contributed by atoms with Crippen molar-refractivity contribution in [3.05, 3.63) is 78.0 Å². The van der Waals surface area contributed by atoms with E-state index < -0.39 is 13.8 Å². The number of benzene rings is 2. The third-order valence-corrected chi connectivity index (χ3v) is 4.05. The zero-order chi connectivity index (χ0) is 15.1. The smallest absolute Gasteiger partial charge is 0.408 e. The molecule has 22 heavy (non-hydrogen) atoms. The van der Waals surface area contributed by atoms with Gasteiger partial charge in [-0.15, -0.1) is 0 Å². The second-order valence-corrected chi connectivity index (χ2v) is 6.11. The van der Waals surface area contributed by atoms with Crippen molar-refractivity contribution in [1.29, 1.82) is 0 Å². The first kappa shape index (κ1) is 19.1. The van der Waals surface area contributed by atoms with Crippen LogP contribution in [0.25, 0.3) is 0 Å². The molecule has 0 aliphatic rings. The van der Waals surface area contributed by atoms with E-state index in [0.717, 1.165) is 0 Å². The minimum Gasteiger partial charge on any atom is -0.408 e. The molecule has 0 saturated carbocycles. The molecule has 2 aromatic rings. The standard InChI is InChI=1S/C15H14F2O3P.Li/c16-15(17)21(18,19-11-13-7-3-1-4-8-13)20-12-14-9-5-2-6-10-14;/h1-10H,11-12H2;/q-1;+1. The van der Waals surface area contributed by atoms with Gasteiger partial charge in [-0.05, 0) is 11.1 Å². The van der Waals surface area contributed by atoms with E-state index in [1.54, 1.807) is 60.7 Å². The summed E-state index contributed by atoms with van der Waals surface area (Å²) in [6.07, 6.45) is -2.34. The van der Waals surface area contributed by atoms with E-state index in [0.29, 0.717) is 11.1 Å². The molecule has 0 heterocycles. The van der Waals surface area contributed by atoms with Crippen LogP contribution in [-0.2, 0) is 26.8 Å². The maximum Gasteiger partial charge on any atom is 1.00 e. The number of hydrogen-bond acceptors (Lipinski definition) is 3. The normalized spacial score (nSPS) is 11.2. The first-order chi connectivity index (χ1) is 10.1. The predicted octanol–water partition coefficient (Wildman–Crippen LogP) is 2.00. The Bertz CT molecular complexity index is 549. The Balaban J connectivity index is 0.00000242. The van der Waals surface area contributed by atoms with Crippen LogP contribution in [0.2, 0.25) is 0 Å². The number of hydrogen-bond donors (Lipinski definition) is 0. The molecule has 0 atom stereocenters. The summed E-state index contributed by atoms with van der Waals surface area (Å²) < 4.78 is 47.5. The number of rotatable bonds is 7. The van der Waals surface area contributed by atoms with Crippen molar-refractivity contribution in [2.45, 2.75) is 13.2 Å². The summed E-state index contributed by atoms with van der Waals surface area (Å²) in [7, 11) is -4.54. The third kappa shape index (κ3) is 5.68. The van der Waals surface area contributed by atoms with Crippen LogP contribution >= 0.6 is 7.60 Å². The van der Waals surface area contributed by atoms with Gasteiger partial charge >= 0.3 is 18.9 Å². The van der Waals surface area contributed by atoms with Gasteiger partial charge in [-0.1, -0.05) is 60.7 Å². The van der Waals surface area contributed by atoms with Crippen molar-refractivity contribution in [3.63, 3.8) is 0 Å². The molecule has 0 bridgehead atoms. The van der Waals surface area contributed by atoms with E-state index >= 15 is 0 Å². The van der Waals surface area contributed by atoms with Crippen LogP contribution in [0.5, 0.6) is 0 Å². The molecule has 0 saturated heterocycles. The second-order valence-electron chi connectivity index (χ2n) is 4.26. The summed E-state index contributed by atoms with van der Waals surface area (Å²) in [6.45, 7) is -0.408. The summed E-state index contributed by atoms with van der Waals surface area (Å²) in [5, 5.41) is 0. The Labute approximate surface area is 140 Å². The van der Waals surface area contributed by atoms with Crippen LogP contribution in [0, 0.1) is 6.17 Å². The van der Waals surface area contributed by atoms with Gasteiger partial charge < -0.3 is 17.8 Å². The molecular formula is C15H14F2LiO3P. The second kappa shape index (κ2) is 9.25. The van der Waals surface area contributed by atoms with Crippen molar-refractivity contribution in [2.75, 3.05) is 0 Å². The van der Waals surface area contributed by atoms with Crippen molar-refractivity contribution in [2.24, 2.45) is 0 Å². The summed E-state index contributed by atoms with van der Waals surface area (Å²) in [6, 6.07) is 17.3. The SMILES string of the molecule is O=P(OCc1ccccc1)(OCc1ccccc1)[C-](F)F.[Li+]. The van der Waals surface area contributed by atoms with Crippen molar-refractivity contribution >= 4 is 7.60 Å². The Morgan fingerprint density at radius 2 is 1.18 bits per heavy atom. The molecule has 0 unspecified atom stereocenters. The van der Waals surface area contributed by atoms with Gasteiger partial charge in [0.2, 0.25) is 7.60 Å². The Morgan fingerprint density at radius 1 is 0.818 bits per heavy atom. The third-order valence-electron chi connectivity index (χ3n) is 2.70. The van der Waals surface area contributed by atoms with E-state index in [9.17, 15) is 13.3 Å². The average Bonchev–Trinajstić information content (AvgIpc) is 2.53. The van der Waals surface area contributed by atoms with Crippen LogP contribution < -0.4 is 18.9 Å². The molecule has 0 amide bonds. The summed E-state index contributed by atoms with van der Waals surface area (Å²) in [5.41, 5.74) is 1.28. The van der Waals surface area contributed by atoms with Gasteiger partial charge in [0.05, 0.1) is 13.2 Å². The minimum absolute atomic E-state index is 0. The maximum atomic E-state index is 12.9. The fourth-order valence-electron chi connectivity index (χ4n) is 1.60. The Morgan fingerprint density at radius 3 is 1.50 bits per heavy atom. The molecular weight excluding hydrogens is 304 g/mol. The molecule has 0 aromatic heterocycles. The molecule has 0 spiro atoms. The summed E-state index contributed by atoms with van der Waals surface area (Å²) in [5.74, 6) is 0. The first-order valence-electron chi connectivity index (χ1n) is 6.26. The molecule has 2 aromatic carbocycles. The van der Waals surface area contributed by atoms with Crippen molar-refractivity contribution in [1.82, 2.24) is 0 Å². The molecule has 0 aliphatic carbocycles. The first-order valence-corrected chi connectivity index (χ1v) is 7.80. The fraction of sp³-hybridized carbons (Fsp3) is 0.133. The molecule has 0 radical (unpaired) electrons. The maximum absolute atomic E-state index is 12.9. The predicted molar refractivity (Wildman–Crippen MR) is 75.5 cm³/mol. The minimum atomic E-state index is -4.54. The largest absolute Gasteiger partial charge is 1.00 e. The topological polar surface area (TPSA) is 35.5 Å². The Kier molecular flexibility index (Phi) is 8.02. The van der Waals surface area contributed by atoms with Gasteiger partial charge in [0.25, 0.3) is 0 Å². The van der Waals surface area contributed by atoms with Gasteiger partial charge in [0.1, 0.15) is 6.17 Å². The molecule has 112 valence electrons. The number of halogens is 2. The fourth-order valence-corrected chi connectivity index (χ4v) is 2.51. The van der Waals surface area contributed by atoms with Crippen LogP contribution in [0.4, 0.5) is 8.78 Å². The van der Waals surface area contributed by atoms with Gasteiger partial charge in [0, 0.05) is 0 Å². The molecule has 7 heteroatoms. The van der Waals surface area contributed by atoms with E-state index in [1.165, 1.54) is 0 Å². The van der Waals surface area contributed by atoms with Crippen LogP contribution in [0.1, 0.15) is 11.1 Å². The quantitative estimate of drug-likeness (QED) is 0.445. The molecule has 0 fully saturated rings. The summed E-state index contributed by atoms with van der Waals surface area (Å²) >= 11 is 0. The van der Waals surface area contributed by atoms with Crippen LogP contribution in [0.3, 0.4) is 0 Å². The summed E-state index contributed by atoms with van der Waals surface area (Å²) in [4.78, 5) is 0. The van der Waals surface area contributed by atoms with E-state index in [4.69, 9.17) is 9.05 Å².